The van der Waals surface area contributed by atoms with Gasteiger partial charge in [-0.3, -0.25) is 0 Å². The molecule has 0 aromatic heterocycles. The number of hydrogen-bond acceptors (Lipinski definition) is 3. The summed E-state index contributed by atoms with van der Waals surface area (Å²) in [5.41, 5.74) is 1.71. The van der Waals surface area contributed by atoms with Crippen LogP contribution in [0, 0.1) is 12.7 Å². The van der Waals surface area contributed by atoms with Crippen molar-refractivity contribution in [2.24, 2.45) is 0 Å². The predicted molar refractivity (Wildman–Crippen MR) is 70.2 cm³/mol. The molecule has 0 fully saturated rings. The third-order valence-corrected chi connectivity index (χ3v) is 2.75. The molecule has 0 saturated heterocycles. The number of halogens is 1. The second kappa shape index (κ2) is 8.19. The smallest absolute Gasteiger partial charge is 0.126 e. The van der Waals surface area contributed by atoms with Crippen molar-refractivity contribution < 1.29 is 13.9 Å². The van der Waals surface area contributed by atoms with Crippen LogP contribution in [0.25, 0.3) is 0 Å². The summed E-state index contributed by atoms with van der Waals surface area (Å²) in [6.45, 7) is 6.36. The van der Waals surface area contributed by atoms with Crippen LogP contribution in [-0.4, -0.2) is 33.5 Å². The van der Waals surface area contributed by atoms with Crippen LogP contribution in [0.4, 0.5) is 4.39 Å². The Balaban J connectivity index is 2.61. The second-order valence-electron chi connectivity index (χ2n) is 4.19. The van der Waals surface area contributed by atoms with E-state index >= 15 is 0 Å². The van der Waals surface area contributed by atoms with Crippen molar-refractivity contribution in [2.45, 2.75) is 19.9 Å². The molecule has 0 aliphatic rings. The average Bonchev–Trinajstić information content (AvgIpc) is 2.37. The summed E-state index contributed by atoms with van der Waals surface area (Å²) in [4.78, 5) is 0. The molecule has 1 unspecified atom stereocenters. The van der Waals surface area contributed by atoms with Crippen molar-refractivity contribution >= 4 is 0 Å². The van der Waals surface area contributed by atoms with Crippen molar-refractivity contribution in [1.82, 2.24) is 5.32 Å². The van der Waals surface area contributed by atoms with Crippen molar-refractivity contribution in [1.29, 1.82) is 0 Å². The number of likely N-dealkylation sites (N-methyl/N-ethyl adjacent to an activating group) is 1. The highest BCUT2D eigenvalue weighted by atomic mass is 19.1. The van der Waals surface area contributed by atoms with Gasteiger partial charge in [0.2, 0.25) is 0 Å². The fourth-order valence-electron chi connectivity index (χ4n) is 1.75. The summed E-state index contributed by atoms with van der Waals surface area (Å²) in [5.74, 6) is -0.172. The molecule has 1 atom stereocenters. The van der Waals surface area contributed by atoms with Crippen LogP contribution in [0.5, 0.6) is 0 Å². The van der Waals surface area contributed by atoms with Crippen LogP contribution in [0.1, 0.15) is 24.1 Å². The molecule has 0 amide bonds. The first-order chi connectivity index (χ1) is 8.69. The first kappa shape index (κ1) is 15.1. The first-order valence-electron chi connectivity index (χ1n) is 6.25. The Morgan fingerprint density at radius 3 is 2.72 bits per heavy atom. The van der Waals surface area contributed by atoms with Gasteiger partial charge in [-0.15, -0.1) is 0 Å². The van der Waals surface area contributed by atoms with Gasteiger partial charge in [-0.1, -0.05) is 19.1 Å². The average molecular weight is 255 g/mol. The summed E-state index contributed by atoms with van der Waals surface area (Å²) < 4.78 is 23.7. The highest BCUT2D eigenvalue weighted by Crippen LogP contribution is 2.17. The van der Waals surface area contributed by atoms with Gasteiger partial charge in [0.05, 0.1) is 25.9 Å². The first-order valence-corrected chi connectivity index (χ1v) is 6.25. The maximum absolute atomic E-state index is 13.2. The lowest BCUT2D eigenvalue weighted by molar-refractivity contribution is 0.0588. The lowest BCUT2D eigenvalue weighted by Gasteiger charge is -2.19. The van der Waals surface area contributed by atoms with E-state index in [2.05, 4.69) is 5.32 Å². The Morgan fingerprint density at radius 1 is 1.33 bits per heavy atom. The zero-order valence-electron chi connectivity index (χ0n) is 11.3. The molecule has 0 aliphatic carbocycles. The molecular weight excluding hydrogens is 233 g/mol. The Kier molecular flexibility index (Phi) is 6.86. The number of hydrogen-bond donors (Lipinski definition) is 1. The minimum atomic E-state index is -0.172. The monoisotopic (exact) mass is 255 g/mol. The Labute approximate surface area is 108 Å². The van der Waals surface area contributed by atoms with Gasteiger partial charge in [0.15, 0.2) is 0 Å². The standard InChI is InChI=1S/C14H22FNO2/c1-4-16-14(10-18-8-7-17-3)12-5-6-13(15)11(2)9-12/h5-6,9,14,16H,4,7-8,10H2,1-3H3. The van der Waals surface area contributed by atoms with E-state index in [1.807, 2.05) is 13.0 Å². The van der Waals surface area contributed by atoms with E-state index in [9.17, 15) is 4.39 Å². The minimum absolute atomic E-state index is 0.0890. The summed E-state index contributed by atoms with van der Waals surface area (Å²) in [6.07, 6.45) is 0. The van der Waals surface area contributed by atoms with Gasteiger partial charge in [0.1, 0.15) is 5.82 Å². The summed E-state index contributed by atoms with van der Waals surface area (Å²) in [7, 11) is 1.65. The van der Waals surface area contributed by atoms with Gasteiger partial charge in [0.25, 0.3) is 0 Å². The van der Waals surface area contributed by atoms with E-state index in [0.29, 0.717) is 25.4 Å². The van der Waals surface area contributed by atoms with E-state index in [4.69, 9.17) is 9.47 Å². The molecule has 18 heavy (non-hydrogen) atoms. The molecule has 0 saturated carbocycles. The fraction of sp³-hybridized carbons (Fsp3) is 0.571. The maximum Gasteiger partial charge on any atom is 0.126 e. The number of rotatable bonds is 8. The van der Waals surface area contributed by atoms with Crippen molar-refractivity contribution in [3.8, 4) is 0 Å². The summed E-state index contributed by atoms with van der Waals surface area (Å²) in [5, 5.41) is 3.33. The molecule has 1 rings (SSSR count). The number of benzene rings is 1. The van der Waals surface area contributed by atoms with Gasteiger partial charge in [0, 0.05) is 7.11 Å². The minimum Gasteiger partial charge on any atom is -0.382 e. The topological polar surface area (TPSA) is 30.5 Å². The number of nitrogens with one attached hydrogen (secondary N) is 1. The van der Waals surface area contributed by atoms with Crippen LogP contribution in [-0.2, 0) is 9.47 Å². The molecule has 0 radical (unpaired) electrons. The molecular formula is C14H22FNO2. The molecule has 4 heteroatoms. The molecule has 1 N–H and O–H groups in total. The largest absolute Gasteiger partial charge is 0.382 e. The third kappa shape index (κ3) is 4.72. The number of aryl methyl sites for hydroxylation is 1. The van der Waals surface area contributed by atoms with Gasteiger partial charge >= 0.3 is 0 Å². The van der Waals surface area contributed by atoms with Crippen molar-refractivity contribution in [3.63, 3.8) is 0 Å². The zero-order valence-corrected chi connectivity index (χ0v) is 11.3. The van der Waals surface area contributed by atoms with E-state index in [1.54, 1.807) is 20.1 Å². The van der Waals surface area contributed by atoms with E-state index in [1.165, 1.54) is 6.07 Å². The van der Waals surface area contributed by atoms with Gasteiger partial charge in [-0.25, -0.2) is 4.39 Å². The quantitative estimate of drug-likeness (QED) is 0.724. The van der Waals surface area contributed by atoms with E-state index < -0.39 is 0 Å². The Morgan fingerprint density at radius 2 is 2.11 bits per heavy atom. The van der Waals surface area contributed by atoms with Gasteiger partial charge in [-0.2, -0.15) is 0 Å². The lowest BCUT2D eigenvalue weighted by Crippen LogP contribution is -2.26. The van der Waals surface area contributed by atoms with Gasteiger partial charge in [-0.05, 0) is 30.7 Å². The summed E-state index contributed by atoms with van der Waals surface area (Å²) >= 11 is 0. The van der Waals surface area contributed by atoms with Crippen molar-refractivity contribution in [3.05, 3.63) is 35.1 Å². The SMILES string of the molecule is CCNC(COCCOC)c1ccc(F)c(C)c1. The molecule has 1 aromatic carbocycles. The molecule has 3 nitrogen and oxygen atoms in total. The van der Waals surface area contributed by atoms with Crippen LogP contribution in [0.2, 0.25) is 0 Å². The van der Waals surface area contributed by atoms with Crippen LogP contribution < -0.4 is 5.32 Å². The molecule has 102 valence electrons. The number of ether oxygens (including phenoxy) is 2. The lowest BCUT2D eigenvalue weighted by atomic mass is 10.0. The summed E-state index contributed by atoms with van der Waals surface area (Å²) in [6, 6.07) is 5.26. The van der Waals surface area contributed by atoms with E-state index in [-0.39, 0.29) is 11.9 Å². The second-order valence-corrected chi connectivity index (χ2v) is 4.19. The molecule has 0 spiro atoms. The van der Waals surface area contributed by atoms with Gasteiger partial charge < -0.3 is 14.8 Å². The van der Waals surface area contributed by atoms with Crippen LogP contribution >= 0.6 is 0 Å². The molecule has 0 heterocycles. The van der Waals surface area contributed by atoms with Crippen LogP contribution in [0.15, 0.2) is 18.2 Å². The number of methoxy groups -OCH3 is 1. The predicted octanol–water partition coefficient (Wildman–Crippen LogP) is 2.45. The molecule has 0 aliphatic heterocycles. The maximum atomic E-state index is 13.2. The molecule has 0 bridgehead atoms. The fourth-order valence-corrected chi connectivity index (χ4v) is 1.75. The third-order valence-electron chi connectivity index (χ3n) is 2.75. The zero-order chi connectivity index (χ0) is 13.4. The Hall–Kier alpha value is -0.970. The normalized spacial score (nSPS) is 12.7. The Bertz CT molecular complexity index is 358. The van der Waals surface area contributed by atoms with Crippen LogP contribution in [0.3, 0.4) is 0 Å². The molecule has 1 aromatic rings. The highest BCUT2D eigenvalue weighted by Gasteiger charge is 2.11. The van der Waals surface area contributed by atoms with E-state index in [0.717, 1.165) is 12.1 Å². The van der Waals surface area contributed by atoms with Crippen molar-refractivity contribution in [2.75, 3.05) is 33.5 Å². The highest BCUT2D eigenvalue weighted by molar-refractivity contribution is 5.26.